The molecule has 0 saturated carbocycles. The van der Waals surface area contributed by atoms with E-state index in [1.165, 1.54) is 0 Å². The Morgan fingerprint density at radius 2 is 2.24 bits per heavy atom. The minimum Gasteiger partial charge on any atom is -0.476 e. The van der Waals surface area contributed by atoms with Crippen LogP contribution < -0.4 is 0 Å². The van der Waals surface area contributed by atoms with Gasteiger partial charge >= 0.3 is 5.97 Å². The number of aryl methyl sites for hydroxylation is 1. The zero-order chi connectivity index (χ0) is 12.6. The molecule has 7 heteroatoms. The number of alkyl halides is 1. The van der Waals surface area contributed by atoms with Crippen LogP contribution in [0.15, 0.2) is 0 Å². The number of carboxylic acid groups (broad SMARTS) is 1. The maximum absolute atomic E-state index is 11.5. The molecule has 1 amide bonds. The van der Waals surface area contributed by atoms with Crippen molar-refractivity contribution in [1.29, 1.82) is 0 Å². The number of carboxylic acids is 1. The molecule has 0 bridgehead atoms. The number of aromatic nitrogens is 2. The topological polar surface area (TPSA) is 75.4 Å². The molecule has 0 saturated heterocycles. The van der Waals surface area contributed by atoms with Crippen LogP contribution in [0.2, 0.25) is 0 Å². The van der Waals surface area contributed by atoms with Crippen LogP contribution in [0.5, 0.6) is 0 Å². The summed E-state index contributed by atoms with van der Waals surface area (Å²) in [7, 11) is 1.71. The molecule has 0 spiro atoms. The fraction of sp³-hybridized carbons (Fsp3) is 0.500. The van der Waals surface area contributed by atoms with Crippen LogP contribution in [-0.4, -0.2) is 44.1 Å². The van der Waals surface area contributed by atoms with Gasteiger partial charge in [-0.3, -0.25) is 9.48 Å². The quantitative estimate of drug-likeness (QED) is 0.771. The van der Waals surface area contributed by atoms with E-state index in [2.05, 4.69) is 5.10 Å². The van der Waals surface area contributed by atoms with Crippen LogP contribution in [0.1, 0.15) is 21.7 Å². The van der Waals surface area contributed by atoms with Gasteiger partial charge in [0.1, 0.15) is 5.88 Å². The summed E-state index contributed by atoms with van der Waals surface area (Å²) in [6.45, 7) is 0.827. The van der Waals surface area contributed by atoms with E-state index < -0.39 is 5.97 Å². The second-order valence-corrected chi connectivity index (χ2v) is 4.17. The molecule has 1 N–H and O–H groups in total. The summed E-state index contributed by atoms with van der Waals surface area (Å²) >= 11 is 5.49. The molecule has 0 unspecified atom stereocenters. The van der Waals surface area contributed by atoms with Crippen molar-refractivity contribution in [3.8, 4) is 0 Å². The van der Waals surface area contributed by atoms with Crippen molar-refractivity contribution in [2.24, 2.45) is 7.05 Å². The fourth-order valence-electron chi connectivity index (χ4n) is 2.06. The lowest BCUT2D eigenvalue weighted by atomic mass is 10.1. The van der Waals surface area contributed by atoms with E-state index in [4.69, 9.17) is 16.7 Å². The molecule has 92 valence electrons. The van der Waals surface area contributed by atoms with Crippen molar-refractivity contribution >= 4 is 23.5 Å². The summed E-state index contributed by atoms with van der Waals surface area (Å²) in [6, 6.07) is 0. The van der Waals surface area contributed by atoms with E-state index in [1.807, 2.05) is 0 Å². The molecule has 0 aliphatic carbocycles. The molecule has 17 heavy (non-hydrogen) atoms. The summed E-state index contributed by atoms with van der Waals surface area (Å²) < 4.78 is 1.57. The Kier molecular flexibility index (Phi) is 3.06. The Morgan fingerprint density at radius 3 is 2.82 bits per heavy atom. The van der Waals surface area contributed by atoms with Gasteiger partial charge in [-0.05, 0) is 0 Å². The molecule has 1 aliphatic rings. The van der Waals surface area contributed by atoms with Crippen LogP contribution in [-0.2, 0) is 24.8 Å². The van der Waals surface area contributed by atoms with E-state index in [9.17, 15) is 9.59 Å². The zero-order valence-electron chi connectivity index (χ0n) is 9.31. The summed E-state index contributed by atoms with van der Waals surface area (Å²) in [5.41, 5.74) is 1.51. The van der Waals surface area contributed by atoms with Crippen molar-refractivity contribution in [1.82, 2.24) is 14.7 Å². The highest BCUT2D eigenvalue weighted by Gasteiger charge is 2.28. The average Bonchev–Trinajstić information content (AvgIpc) is 2.65. The lowest BCUT2D eigenvalue weighted by Gasteiger charge is -2.26. The predicted octanol–water partition coefficient (Wildman–Crippen LogP) is 0.242. The van der Waals surface area contributed by atoms with Gasteiger partial charge in [0.15, 0.2) is 5.69 Å². The summed E-state index contributed by atoms with van der Waals surface area (Å²) in [5.74, 6) is -1.34. The van der Waals surface area contributed by atoms with E-state index in [0.717, 1.165) is 5.69 Å². The molecule has 6 nitrogen and oxygen atoms in total. The second-order valence-electron chi connectivity index (χ2n) is 3.90. The highest BCUT2D eigenvalue weighted by Crippen LogP contribution is 2.22. The van der Waals surface area contributed by atoms with Gasteiger partial charge in [-0.15, -0.1) is 11.6 Å². The first kappa shape index (κ1) is 11.9. The average molecular weight is 258 g/mol. The number of fused-ring (bicyclic) bond motifs is 1. The van der Waals surface area contributed by atoms with E-state index in [0.29, 0.717) is 18.5 Å². The number of hydrogen-bond donors (Lipinski definition) is 1. The SMILES string of the molecule is Cn1nc(C(=O)O)c2c1CCN(C(=O)CCl)C2. The molecule has 1 aromatic heterocycles. The first-order chi connectivity index (χ1) is 8.04. The Labute approximate surface area is 103 Å². The molecule has 1 aliphatic heterocycles. The lowest BCUT2D eigenvalue weighted by molar-refractivity contribution is -0.129. The fourth-order valence-corrected chi connectivity index (χ4v) is 2.23. The zero-order valence-corrected chi connectivity index (χ0v) is 10.1. The third-order valence-electron chi connectivity index (χ3n) is 2.91. The van der Waals surface area contributed by atoms with Gasteiger partial charge in [0, 0.05) is 37.8 Å². The molecule has 0 fully saturated rings. The van der Waals surface area contributed by atoms with Crippen LogP contribution >= 0.6 is 11.6 Å². The summed E-state index contributed by atoms with van der Waals surface area (Å²) in [6.07, 6.45) is 0.606. The number of carbonyl (C=O) groups is 2. The molecule has 2 heterocycles. The molecular formula is C10H12ClN3O3. The van der Waals surface area contributed by atoms with E-state index >= 15 is 0 Å². The predicted molar refractivity (Wildman–Crippen MR) is 60.0 cm³/mol. The van der Waals surface area contributed by atoms with Gasteiger partial charge in [-0.1, -0.05) is 0 Å². The molecule has 2 rings (SSSR count). The smallest absolute Gasteiger partial charge is 0.356 e. The third kappa shape index (κ3) is 2.00. The van der Waals surface area contributed by atoms with Crippen molar-refractivity contribution in [3.05, 3.63) is 17.0 Å². The van der Waals surface area contributed by atoms with Crippen LogP contribution in [0.25, 0.3) is 0 Å². The maximum Gasteiger partial charge on any atom is 0.356 e. The monoisotopic (exact) mass is 257 g/mol. The standard InChI is InChI=1S/C10H12ClN3O3/c1-13-7-2-3-14(8(15)4-11)5-6(7)9(12-13)10(16)17/h2-5H2,1H3,(H,16,17). The number of hydrogen-bond acceptors (Lipinski definition) is 3. The Hall–Kier alpha value is -1.56. The van der Waals surface area contributed by atoms with Gasteiger partial charge in [-0.2, -0.15) is 5.10 Å². The molecule has 0 aromatic carbocycles. The molecule has 0 radical (unpaired) electrons. The largest absolute Gasteiger partial charge is 0.476 e. The number of aromatic carboxylic acids is 1. The van der Waals surface area contributed by atoms with Gasteiger partial charge in [0.05, 0.1) is 0 Å². The lowest BCUT2D eigenvalue weighted by Crippen LogP contribution is -2.37. The highest BCUT2D eigenvalue weighted by molar-refractivity contribution is 6.27. The van der Waals surface area contributed by atoms with Gasteiger partial charge in [0.25, 0.3) is 0 Å². The first-order valence-electron chi connectivity index (χ1n) is 5.16. The maximum atomic E-state index is 11.5. The highest BCUT2D eigenvalue weighted by atomic mass is 35.5. The first-order valence-corrected chi connectivity index (χ1v) is 5.69. The summed E-state index contributed by atoms with van der Waals surface area (Å²) in [5, 5.41) is 13.0. The van der Waals surface area contributed by atoms with E-state index in [-0.39, 0.29) is 24.0 Å². The number of nitrogens with zero attached hydrogens (tertiary/aromatic N) is 3. The second kappa shape index (κ2) is 4.37. The number of rotatable bonds is 2. The number of amides is 1. The third-order valence-corrected chi connectivity index (χ3v) is 3.14. The van der Waals surface area contributed by atoms with Gasteiger partial charge in [0.2, 0.25) is 5.91 Å². The Morgan fingerprint density at radius 1 is 1.53 bits per heavy atom. The minimum absolute atomic E-state index is 0.0228. The minimum atomic E-state index is -1.07. The van der Waals surface area contributed by atoms with Crippen molar-refractivity contribution < 1.29 is 14.7 Å². The van der Waals surface area contributed by atoms with Gasteiger partial charge in [-0.25, -0.2) is 4.79 Å². The van der Waals surface area contributed by atoms with Gasteiger partial charge < -0.3 is 10.0 Å². The normalized spacial score (nSPS) is 14.6. The Balaban J connectivity index is 2.36. The van der Waals surface area contributed by atoms with Crippen LogP contribution in [0.3, 0.4) is 0 Å². The van der Waals surface area contributed by atoms with Crippen LogP contribution in [0, 0.1) is 0 Å². The van der Waals surface area contributed by atoms with Crippen molar-refractivity contribution in [2.75, 3.05) is 12.4 Å². The number of carbonyl (C=O) groups excluding carboxylic acids is 1. The Bertz CT molecular complexity index is 483. The van der Waals surface area contributed by atoms with Crippen molar-refractivity contribution in [2.45, 2.75) is 13.0 Å². The van der Waals surface area contributed by atoms with E-state index in [1.54, 1.807) is 16.6 Å². The molecule has 0 atom stereocenters. The molecular weight excluding hydrogens is 246 g/mol. The molecule has 1 aromatic rings. The van der Waals surface area contributed by atoms with Crippen LogP contribution in [0.4, 0.5) is 0 Å². The summed E-state index contributed by atoms with van der Waals surface area (Å²) in [4.78, 5) is 24.1. The number of halogens is 1. The van der Waals surface area contributed by atoms with Crippen molar-refractivity contribution in [3.63, 3.8) is 0 Å².